The molecule has 0 N–H and O–H groups in total. The number of allylic oxidation sites excluding steroid dienone is 2. The van der Waals surface area contributed by atoms with Crippen LogP contribution < -0.4 is 0 Å². The first kappa shape index (κ1) is 10.9. The van der Waals surface area contributed by atoms with Crippen LogP contribution in [0.2, 0.25) is 0 Å². The molecule has 3 atom stereocenters. The average molecular weight is 206 g/mol. The lowest BCUT2D eigenvalue weighted by Crippen LogP contribution is -2.18. The number of ether oxygens (including phenoxy) is 1. The van der Waals surface area contributed by atoms with Crippen molar-refractivity contribution in [1.82, 2.24) is 0 Å². The SMILES string of the molecule is C=C(C)COCC1C[C@@H]2C[C@H]1C/C2=C/C. The molecular weight excluding hydrogens is 184 g/mol. The minimum absolute atomic E-state index is 0.740. The third kappa shape index (κ3) is 2.34. The maximum atomic E-state index is 5.68. The van der Waals surface area contributed by atoms with Crippen molar-refractivity contribution in [2.45, 2.75) is 33.1 Å². The summed E-state index contributed by atoms with van der Waals surface area (Å²) >= 11 is 0. The van der Waals surface area contributed by atoms with E-state index in [1.807, 2.05) is 6.92 Å². The molecule has 2 bridgehead atoms. The summed E-state index contributed by atoms with van der Waals surface area (Å²) in [5.74, 6) is 2.61. The lowest BCUT2D eigenvalue weighted by molar-refractivity contribution is 0.0985. The highest BCUT2D eigenvalue weighted by Crippen LogP contribution is 2.51. The molecule has 15 heavy (non-hydrogen) atoms. The molecule has 1 unspecified atom stereocenters. The van der Waals surface area contributed by atoms with Crippen LogP contribution >= 0.6 is 0 Å². The zero-order chi connectivity index (χ0) is 10.8. The summed E-state index contributed by atoms with van der Waals surface area (Å²) in [5.41, 5.74) is 2.84. The van der Waals surface area contributed by atoms with Gasteiger partial charge in [-0.25, -0.2) is 0 Å². The van der Waals surface area contributed by atoms with E-state index < -0.39 is 0 Å². The number of hydrogen-bond acceptors (Lipinski definition) is 1. The smallest absolute Gasteiger partial charge is 0.0671 e. The molecule has 2 fully saturated rings. The van der Waals surface area contributed by atoms with E-state index in [2.05, 4.69) is 19.6 Å². The standard InChI is InChI=1S/C14H22O/c1-4-11-5-13-6-12(11)7-14(13)9-15-8-10(2)3/h4,12-14H,2,5-9H2,1,3H3/b11-4-/t12-,13+,14?/m0/s1. The number of fused-ring (bicyclic) bond motifs is 2. The molecule has 0 saturated heterocycles. The molecule has 1 heteroatoms. The summed E-state index contributed by atoms with van der Waals surface area (Å²) < 4.78 is 5.68. The summed E-state index contributed by atoms with van der Waals surface area (Å²) in [7, 11) is 0. The normalized spacial score (nSPS) is 36.4. The van der Waals surface area contributed by atoms with Gasteiger partial charge in [0.25, 0.3) is 0 Å². The molecule has 0 aromatic heterocycles. The van der Waals surface area contributed by atoms with Crippen molar-refractivity contribution >= 4 is 0 Å². The summed E-state index contributed by atoms with van der Waals surface area (Å²) in [6.07, 6.45) is 6.44. The third-order valence-corrected chi connectivity index (χ3v) is 3.91. The van der Waals surface area contributed by atoms with Gasteiger partial charge in [-0.05, 0) is 50.9 Å². The Balaban J connectivity index is 1.77. The Morgan fingerprint density at radius 3 is 2.87 bits per heavy atom. The van der Waals surface area contributed by atoms with Crippen LogP contribution in [0, 0.1) is 17.8 Å². The van der Waals surface area contributed by atoms with Gasteiger partial charge in [0.1, 0.15) is 0 Å². The molecule has 0 spiro atoms. The second-order valence-electron chi connectivity index (χ2n) is 5.23. The van der Waals surface area contributed by atoms with Gasteiger partial charge in [-0.1, -0.05) is 23.8 Å². The molecule has 0 aliphatic heterocycles. The van der Waals surface area contributed by atoms with Crippen LogP contribution in [0.4, 0.5) is 0 Å². The van der Waals surface area contributed by atoms with E-state index in [1.165, 1.54) is 19.3 Å². The minimum Gasteiger partial charge on any atom is -0.377 e. The van der Waals surface area contributed by atoms with Crippen LogP contribution in [0.5, 0.6) is 0 Å². The summed E-state index contributed by atoms with van der Waals surface area (Å²) in [6.45, 7) is 9.76. The Labute approximate surface area is 93.2 Å². The molecule has 0 heterocycles. The van der Waals surface area contributed by atoms with Crippen LogP contribution in [0.3, 0.4) is 0 Å². The first-order valence-corrected chi connectivity index (χ1v) is 6.08. The predicted molar refractivity (Wildman–Crippen MR) is 63.7 cm³/mol. The molecule has 2 aliphatic carbocycles. The fourth-order valence-corrected chi connectivity index (χ4v) is 3.18. The zero-order valence-electron chi connectivity index (χ0n) is 9.96. The molecule has 2 aliphatic rings. The second-order valence-corrected chi connectivity index (χ2v) is 5.23. The number of hydrogen-bond donors (Lipinski definition) is 0. The molecule has 0 radical (unpaired) electrons. The van der Waals surface area contributed by atoms with Crippen molar-refractivity contribution in [2.24, 2.45) is 17.8 Å². The Morgan fingerprint density at radius 1 is 1.53 bits per heavy atom. The molecule has 0 amide bonds. The van der Waals surface area contributed by atoms with Gasteiger partial charge in [-0.15, -0.1) is 0 Å². The second kappa shape index (κ2) is 4.52. The third-order valence-electron chi connectivity index (χ3n) is 3.91. The highest BCUT2D eigenvalue weighted by atomic mass is 16.5. The first-order chi connectivity index (χ1) is 7.20. The van der Waals surface area contributed by atoms with Gasteiger partial charge >= 0.3 is 0 Å². The first-order valence-electron chi connectivity index (χ1n) is 6.08. The summed E-state index contributed by atoms with van der Waals surface area (Å²) in [4.78, 5) is 0. The van der Waals surface area contributed by atoms with Crippen molar-refractivity contribution in [3.8, 4) is 0 Å². The lowest BCUT2D eigenvalue weighted by atomic mass is 9.86. The summed E-state index contributed by atoms with van der Waals surface area (Å²) in [6, 6.07) is 0. The van der Waals surface area contributed by atoms with Crippen molar-refractivity contribution < 1.29 is 4.74 Å². The van der Waals surface area contributed by atoms with Gasteiger partial charge in [0.15, 0.2) is 0 Å². The Kier molecular flexibility index (Phi) is 3.30. The Bertz CT molecular complexity index is 277. The minimum atomic E-state index is 0.740. The fraction of sp³-hybridized carbons (Fsp3) is 0.714. The van der Waals surface area contributed by atoms with E-state index in [4.69, 9.17) is 4.74 Å². The van der Waals surface area contributed by atoms with Crippen LogP contribution in [0.1, 0.15) is 33.1 Å². The monoisotopic (exact) mass is 206 g/mol. The molecule has 0 aromatic carbocycles. The fourth-order valence-electron chi connectivity index (χ4n) is 3.18. The zero-order valence-corrected chi connectivity index (χ0v) is 9.96. The van der Waals surface area contributed by atoms with E-state index in [1.54, 1.807) is 5.57 Å². The maximum absolute atomic E-state index is 5.68. The molecule has 2 rings (SSSR count). The lowest BCUT2D eigenvalue weighted by Gasteiger charge is -2.23. The summed E-state index contributed by atoms with van der Waals surface area (Å²) in [5, 5.41) is 0. The van der Waals surface area contributed by atoms with Gasteiger partial charge in [0, 0.05) is 0 Å². The van der Waals surface area contributed by atoms with Crippen LogP contribution in [-0.4, -0.2) is 13.2 Å². The maximum Gasteiger partial charge on any atom is 0.0671 e. The molecule has 2 saturated carbocycles. The predicted octanol–water partition coefficient (Wildman–Crippen LogP) is 3.57. The van der Waals surface area contributed by atoms with E-state index in [0.29, 0.717) is 0 Å². The van der Waals surface area contributed by atoms with E-state index >= 15 is 0 Å². The average Bonchev–Trinajstić information content (AvgIpc) is 2.75. The van der Waals surface area contributed by atoms with Gasteiger partial charge < -0.3 is 4.74 Å². The molecule has 84 valence electrons. The van der Waals surface area contributed by atoms with Gasteiger partial charge in [0.05, 0.1) is 13.2 Å². The van der Waals surface area contributed by atoms with E-state index in [9.17, 15) is 0 Å². The Morgan fingerprint density at radius 2 is 2.33 bits per heavy atom. The van der Waals surface area contributed by atoms with Gasteiger partial charge in [-0.3, -0.25) is 0 Å². The highest BCUT2D eigenvalue weighted by molar-refractivity contribution is 5.17. The molecule has 1 nitrogen and oxygen atoms in total. The Hall–Kier alpha value is -0.560. The van der Waals surface area contributed by atoms with Crippen LogP contribution in [-0.2, 0) is 4.74 Å². The van der Waals surface area contributed by atoms with Crippen LogP contribution in [0.15, 0.2) is 23.8 Å². The van der Waals surface area contributed by atoms with Crippen molar-refractivity contribution in [3.05, 3.63) is 23.8 Å². The van der Waals surface area contributed by atoms with Crippen LogP contribution in [0.25, 0.3) is 0 Å². The molecular formula is C14H22O. The van der Waals surface area contributed by atoms with Gasteiger partial charge in [0.2, 0.25) is 0 Å². The van der Waals surface area contributed by atoms with Gasteiger partial charge in [-0.2, -0.15) is 0 Å². The van der Waals surface area contributed by atoms with Crippen molar-refractivity contribution in [1.29, 1.82) is 0 Å². The topological polar surface area (TPSA) is 9.23 Å². The largest absolute Gasteiger partial charge is 0.377 e. The van der Waals surface area contributed by atoms with E-state index in [-0.39, 0.29) is 0 Å². The van der Waals surface area contributed by atoms with Crippen molar-refractivity contribution in [3.63, 3.8) is 0 Å². The quantitative estimate of drug-likeness (QED) is 0.639. The number of rotatable bonds is 4. The molecule has 0 aromatic rings. The van der Waals surface area contributed by atoms with E-state index in [0.717, 1.165) is 36.5 Å². The highest BCUT2D eigenvalue weighted by Gasteiger charge is 2.41. The van der Waals surface area contributed by atoms with Crippen molar-refractivity contribution in [2.75, 3.05) is 13.2 Å².